The predicted molar refractivity (Wildman–Crippen MR) is 105 cm³/mol. The zero-order valence-electron chi connectivity index (χ0n) is 15.8. The summed E-state index contributed by atoms with van der Waals surface area (Å²) in [6.07, 6.45) is 2.36. The Bertz CT molecular complexity index is 860. The highest BCUT2D eigenvalue weighted by atomic mass is 16.4. The smallest absolute Gasteiger partial charge is 0.315 e. The second-order valence-corrected chi connectivity index (χ2v) is 7.11. The van der Waals surface area contributed by atoms with E-state index in [1.807, 2.05) is 6.07 Å². The number of amides is 2. The fourth-order valence-corrected chi connectivity index (χ4v) is 3.14. The van der Waals surface area contributed by atoms with Crippen molar-refractivity contribution in [3.05, 3.63) is 71.3 Å². The number of carbonyl (C=O) groups is 3. The summed E-state index contributed by atoms with van der Waals surface area (Å²) in [5.41, 5.74) is 0.339. The highest BCUT2D eigenvalue weighted by molar-refractivity contribution is 5.98. The minimum atomic E-state index is -1.19. The molecule has 0 bridgehead atoms. The average Bonchev–Trinajstić information content (AvgIpc) is 3.53. The highest BCUT2D eigenvalue weighted by Crippen LogP contribution is 2.28. The fraction of sp³-hybridized carbons (Fsp3) is 0.318. The molecule has 2 aromatic rings. The van der Waals surface area contributed by atoms with Crippen molar-refractivity contribution in [2.24, 2.45) is 0 Å². The Labute approximate surface area is 164 Å². The van der Waals surface area contributed by atoms with Gasteiger partial charge >= 0.3 is 5.97 Å². The lowest BCUT2D eigenvalue weighted by atomic mass is 9.78. The predicted octanol–water partition coefficient (Wildman–Crippen LogP) is 2.74. The van der Waals surface area contributed by atoms with E-state index in [4.69, 9.17) is 0 Å². The summed E-state index contributed by atoms with van der Waals surface area (Å²) in [5, 5.41) is 15.5. The first kappa shape index (κ1) is 19.6. The van der Waals surface area contributed by atoms with E-state index in [0.717, 1.165) is 12.8 Å². The summed E-state index contributed by atoms with van der Waals surface area (Å²) >= 11 is 0. The van der Waals surface area contributed by atoms with Gasteiger partial charge in [-0.1, -0.05) is 37.3 Å². The molecule has 0 saturated heterocycles. The zero-order chi connectivity index (χ0) is 20.1. The number of rotatable bonds is 8. The average molecular weight is 380 g/mol. The molecule has 28 heavy (non-hydrogen) atoms. The van der Waals surface area contributed by atoms with E-state index in [-0.39, 0.29) is 24.4 Å². The van der Waals surface area contributed by atoms with E-state index in [0.29, 0.717) is 23.1 Å². The molecule has 1 unspecified atom stereocenters. The standard InChI is InChI=1S/C22H24N2O4/c1-2-22(21(27)28,17-6-4-3-5-7-17)14-23-19(25)15-8-10-16(11-9-15)20(26)24-18-12-13-18/h3-11,18H,2,12-14H2,1H3,(H,23,25)(H,24,26)(H,27,28). The van der Waals surface area contributed by atoms with Gasteiger partial charge in [-0.15, -0.1) is 0 Å². The first-order chi connectivity index (χ1) is 13.5. The van der Waals surface area contributed by atoms with Crippen LogP contribution in [0.25, 0.3) is 0 Å². The van der Waals surface area contributed by atoms with Gasteiger partial charge in [0, 0.05) is 23.7 Å². The number of carboxylic acids is 1. The Kier molecular flexibility index (Phi) is 5.78. The van der Waals surface area contributed by atoms with Gasteiger partial charge in [0.2, 0.25) is 0 Å². The number of hydrogen-bond acceptors (Lipinski definition) is 3. The van der Waals surface area contributed by atoms with E-state index in [2.05, 4.69) is 10.6 Å². The van der Waals surface area contributed by atoms with Crippen LogP contribution in [0.3, 0.4) is 0 Å². The van der Waals surface area contributed by atoms with Crippen LogP contribution in [0.4, 0.5) is 0 Å². The third-order valence-electron chi connectivity index (χ3n) is 5.21. The molecule has 3 N–H and O–H groups in total. The van der Waals surface area contributed by atoms with Crippen LogP contribution in [0.15, 0.2) is 54.6 Å². The summed E-state index contributed by atoms with van der Waals surface area (Å²) in [4.78, 5) is 36.6. The van der Waals surface area contributed by atoms with Gasteiger partial charge in [-0.3, -0.25) is 14.4 Å². The number of carbonyl (C=O) groups excluding carboxylic acids is 2. The van der Waals surface area contributed by atoms with Gasteiger partial charge < -0.3 is 15.7 Å². The van der Waals surface area contributed by atoms with Crippen LogP contribution in [0.2, 0.25) is 0 Å². The van der Waals surface area contributed by atoms with Crippen molar-refractivity contribution in [3.8, 4) is 0 Å². The van der Waals surface area contributed by atoms with Crippen LogP contribution < -0.4 is 10.6 Å². The molecule has 146 valence electrons. The molecule has 1 fully saturated rings. The molecule has 3 rings (SSSR count). The van der Waals surface area contributed by atoms with Crippen molar-refractivity contribution >= 4 is 17.8 Å². The maximum atomic E-state index is 12.5. The van der Waals surface area contributed by atoms with Crippen molar-refractivity contribution in [3.63, 3.8) is 0 Å². The fourth-order valence-electron chi connectivity index (χ4n) is 3.14. The van der Waals surface area contributed by atoms with Gasteiger partial charge in [0.1, 0.15) is 5.41 Å². The lowest BCUT2D eigenvalue weighted by Gasteiger charge is -2.29. The highest BCUT2D eigenvalue weighted by Gasteiger charge is 2.39. The molecule has 1 aliphatic rings. The number of nitrogens with one attached hydrogen (secondary N) is 2. The molecule has 1 atom stereocenters. The van der Waals surface area contributed by atoms with E-state index < -0.39 is 11.4 Å². The van der Waals surface area contributed by atoms with Crippen LogP contribution in [-0.2, 0) is 10.2 Å². The number of hydrogen-bond donors (Lipinski definition) is 3. The van der Waals surface area contributed by atoms with E-state index in [1.165, 1.54) is 0 Å². The van der Waals surface area contributed by atoms with Crippen LogP contribution >= 0.6 is 0 Å². The van der Waals surface area contributed by atoms with Crippen molar-refractivity contribution < 1.29 is 19.5 Å². The third kappa shape index (κ3) is 4.22. The summed E-state index contributed by atoms with van der Waals surface area (Å²) in [7, 11) is 0. The molecule has 0 radical (unpaired) electrons. The maximum absolute atomic E-state index is 12.5. The number of carboxylic acid groups (broad SMARTS) is 1. The number of benzene rings is 2. The molecule has 6 nitrogen and oxygen atoms in total. The number of aliphatic carboxylic acids is 1. The first-order valence-corrected chi connectivity index (χ1v) is 9.44. The molecule has 1 aliphatic carbocycles. The molecular weight excluding hydrogens is 356 g/mol. The van der Waals surface area contributed by atoms with Gasteiger partial charge in [-0.25, -0.2) is 0 Å². The van der Waals surface area contributed by atoms with Gasteiger partial charge in [0.25, 0.3) is 11.8 Å². The van der Waals surface area contributed by atoms with Crippen molar-refractivity contribution in [2.45, 2.75) is 37.6 Å². The molecule has 2 amide bonds. The molecule has 2 aromatic carbocycles. The lowest BCUT2D eigenvalue weighted by molar-refractivity contribution is -0.143. The first-order valence-electron chi connectivity index (χ1n) is 9.44. The summed E-state index contributed by atoms with van der Waals surface area (Å²) in [6.45, 7) is 1.77. The van der Waals surface area contributed by atoms with Gasteiger partial charge in [-0.2, -0.15) is 0 Å². The largest absolute Gasteiger partial charge is 0.481 e. The van der Waals surface area contributed by atoms with Crippen LogP contribution in [0, 0.1) is 0 Å². The third-order valence-corrected chi connectivity index (χ3v) is 5.21. The lowest BCUT2D eigenvalue weighted by Crippen LogP contribution is -2.46. The Hall–Kier alpha value is -3.15. The molecule has 0 aromatic heterocycles. The van der Waals surface area contributed by atoms with Crippen LogP contribution in [0.1, 0.15) is 52.5 Å². The summed E-state index contributed by atoms with van der Waals surface area (Å²) in [6, 6.07) is 15.6. The quantitative estimate of drug-likeness (QED) is 0.656. The topological polar surface area (TPSA) is 95.5 Å². The summed E-state index contributed by atoms with van der Waals surface area (Å²) < 4.78 is 0. The zero-order valence-corrected chi connectivity index (χ0v) is 15.8. The SMILES string of the molecule is CCC(CNC(=O)c1ccc(C(=O)NC2CC2)cc1)(C(=O)O)c1ccccc1. The van der Waals surface area contributed by atoms with Crippen molar-refractivity contribution in [1.29, 1.82) is 0 Å². The van der Waals surface area contributed by atoms with Gasteiger partial charge in [0.05, 0.1) is 0 Å². The molecule has 6 heteroatoms. The van der Waals surface area contributed by atoms with Crippen molar-refractivity contribution in [1.82, 2.24) is 10.6 Å². The van der Waals surface area contributed by atoms with E-state index in [9.17, 15) is 19.5 Å². The van der Waals surface area contributed by atoms with E-state index in [1.54, 1.807) is 55.5 Å². The van der Waals surface area contributed by atoms with Gasteiger partial charge in [-0.05, 0) is 49.1 Å². The molecular formula is C22H24N2O4. The Balaban J connectivity index is 1.69. The molecule has 0 aliphatic heterocycles. The monoisotopic (exact) mass is 380 g/mol. The Morgan fingerprint density at radius 1 is 0.964 bits per heavy atom. The Morgan fingerprint density at radius 3 is 2.04 bits per heavy atom. The molecule has 0 spiro atoms. The van der Waals surface area contributed by atoms with E-state index >= 15 is 0 Å². The van der Waals surface area contributed by atoms with Crippen LogP contribution in [-0.4, -0.2) is 35.5 Å². The van der Waals surface area contributed by atoms with Crippen molar-refractivity contribution in [2.75, 3.05) is 6.54 Å². The summed E-state index contributed by atoms with van der Waals surface area (Å²) in [5.74, 6) is -1.49. The molecule has 0 heterocycles. The van der Waals surface area contributed by atoms with Gasteiger partial charge in [0.15, 0.2) is 0 Å². The second kappa shape index (κ2) is 8.25. The normalized spacial score (nSPS) is 15.3. The minimum Gasteiger partial charge on any atom is -0.481 e. The minimum absolute atomic E-state index is 0.0222. The molecule has 1 saturated carbocycles. The Morgan fingerprint density at radius 2 is 1.54 bits per heavy atom. The second-order valence-electron chi connectivity index (χ2n) is 7.11. The maximum Gasteiger partial charge on any atom is 0.315 e. The van der Waals surface area contributed by atoms with Crippen LogP contribution in [0.5, 0.6) is 0 Å².